The molecule has 0 amide bonds. The van der Waals surface area contributed by atoms with E-state index in [4.69, 9.17) is 9.84 Å². The summed E-state index contributed by atoms with van der Waals surface area (Å²) in [5, 5.41) is 9.02. The summed E-state index contributed by atoms with van der Waals surface area (Å²) >= 11 is 0. The molecule has 2 aromatic rings. The second-order valence-corrected chi connectivity index (χ2v) is 4.90. The van der Waals surface area contributed by atoms with E-state index in [1.165, 1.54) is 0 Å². The van der Waals surface area contributed by atoms with E-state index in [-0.39, 0.29) is 11.8 Å². The number of imidazole rings is 1. The van der Waals surface area contributed by atoms with Crippen LogP contribution in [0.1, 0.15) is 17.8 Å². The maximum Gasteiger partial charge on any atom is 0.304 e. The van der Waals surface area contributed by atoms with Crippen LogP contribution < -0.4 is 0 Å². The minimum Gasteiger partial charge on any atom is -0.481 e. The van der Waals surface area contributed by atoms with Crippen LogP contribution in [0.25, 0.3) is 11.0 Å². The van der Waals surface area contributed by atoms with Crippen LogP contribution in [0.2, 0.25) is 0 Å². The van der Waals surface area contributed by atoms with Crippen molar-refractivity contribution in [3.63, 3.8) is 0 Å². The second-order valence-electron chi connectivity index (χ2n) is 4.90. The van der Waals surface area contributed by atoms with Gasteiger partial charge in [-0.15, -0.1) is 0 Å². The van der Waals surface area contributed by atoms with Crippen molar-refractivity contribution in [3.05, 3.63) is 29.6 Å². The van der Waals surface area contributed by atoms with Crippen LogP contribution in [0.15, 0.2) is 18.2 Å². The Balaban J connectivity index is 2.04. The lowest BCUT2D eigenvalue weighted by Gasteiger charge is -2.40. The van der Waals surface area contributed by atoms with Gasteiger partial charge in [-0.3, -0.25) is 4.79 Å². The number of nitrogens with zero attached hydrogens (tertiary/aromatic N) is 1. The third kappa shape index (κ3) is 1.67. The summed E-state index contributed by atoms with van der Waals surface area (Å²) in [5.41, 5.74) is 2.48. The molecular weight excluding hydrogens is 232 g/mol. The molecule has 94 valence electrons. The number of benzene rings is 1. The molecule has 5 heteroatoms. The summed E-state index contributed by atoms with van der Waals surface area (Å²) in [5.74, 6) is 0.0680. The van der Waals surface area contributed by atoms with Crippen molar-refractivity contribution >= 4 is 17.0 Å². The quantitative estimate of drug-likeness (QED) is 0.862. The van der Waals surface area contributed by atoms with Gasteiger partial charge in [-0.2, -0.15) is 0 Å². The smallest absolute Gasteiger partial charge is 0.304 e. The van der Waals surface area contributed by atoms with Crippen molar-refractivity contribution in [3.8, 4) is 0 Å². The van der Waals surface area contributed by atoms with E-state index < -0.39 is 5.97 Å². The highest BCUT2D eigenvalue weighted by atomic mass is 16.5. The van der Waals surface area contributed by atoms with E-state index in [1.807, 2.05) is 25.1 Å². The van der Waals surface area contributed by atoms with Crippen LogP contribution in [0.3, 0.4) is 0 Å². The molecule has 3 rings (SSSR count). The number of rotatable bonds is 3. The van der Waals surface area contributed by atoms with Crippen molar-refractivity contribution in [2.24, 2.45) is 0 Å². The Hall–Kier alpha value is -1.88. The number of carboxylic acids is 1. The van der Waals surface area contributed by atoms with Gasteiger partial charge in [0.25, 0.3) is 0 Å². The van der Waals surface area contributed by atoms with Gasteiger partial charge in [0.05, 0.1) is 36.1 Å². The molecule has 1 aliphatic rings. The van der Waals surface area contributed by atoms with Gasteiger partial charge in [0.15, 0.2) is 0 Å². The van der Waals surface area contributed by atoms with Crippen LogP contribution in [0.4, 0.5) is 0 Å². The summed E-state index contributed by atoms with van der Waals surface area (Å²) in [7, 11) is 0. The van der Waals surface area contributed by atoms with Crippen molar-refractivity contribution in [2.45, 2.75) is 18.8 Å². The number of aliphatic carboxylic acids is 1. The lowest BCUT2D eigenvalue weighted by atomic mass is 9.76. The number of aryl methyl sites for hydroxylation is 1. The van der Waals surface area contributed by atoms with Crippen LogP contribution >= 0.6 is 0 Å². The Labute approximate surface area is 104 Å². The number of hydrogen-bond acceptors (Lipinski definition) is 3. The van der Waals surface area contributed by atoms with Gasteiger partial charge in [-0.25, -0.2) is 4.98 Å². The monoisotopic (exact) mass is 246 g/mol. The van der Waals surface area contributed by atoms with Crippen molar-refractivity contribution in [1.82, 2.24) is 9.97 Å². The van der Waals surface area contributed by atoms with E-state index in [2.05, 4.69) is 9.97 Å². The number of aromatic amines is 1. The van der Waals surface area contributed by atoms with Crippen molar-refractivity contribution in [2.75, 3.05) is 13.2 Å². The summed E-state index contributed by atoms with van der Waals surface area (Å²) in [4.78, 5) is 18.5. The van der Waals surface area contributed by atoms with E-state index in [1.54, 1.807) is 0 Å². The number of aromatic nitrogens is 2. The molecule has 1 aliphatic heterocycles. The first kappa shape index (κ1) is 11.2. The number of H-pyrrole nitrogens is 1. The topological polar surface area (TPSA) is 75.2 Å². The molecule has 1 aromatic heterocycles. The number of carbonyl (C=O) groups is 1. The van der Waals surface area contributed by atoms with Gasteiger partial charge in [0.1, 0.15) is 5.82 Å². The molecule has 0 saturated carbocycles. The SMILES string of the molecule is Cc1nc2ccc(C3(CC(=O)O)COC3)cc2[nH]1. The van der Waals surface area contributed by atoms with Gasteiger partial charge >= 0.3 is 5.97 Å². The number of fused-ring (bicyclic) bond motifs is 1. The fourth-order valence-corrected chi connectivity index (χ4v) is 2.48. The van der Waals surface area contributed by atoms with E-state index in [9.17, 15) is 4.79 Å². The largest absolute Gasteiger partial charge is 0.481 e. The standard InChI is InChI=1S/C13H14N2O3/c1-8-14-10-3-2-9(4-11(10)15-8)13(5-12(16)17)6-18-7-13/h2-4H,5-7H2,1H3,(H,14,15)(H,16,17). The van der Waals surface area contributed by atoms with Crippen LogP contribution in [-0.2, 0) is 14.9 Å². The third-order valence-electron chi connectivity index (χ3n) is 3.46. The maximum absolute atomic E-state index is 11.0. The fourth-order valence-electron chi connectivity index (χ4n) is 2.48. The van der Waals surface area contributed by atoms with Gasteiger partial charge in [-0.05, 0) is 24.6 Å². The molecule has 0 unspecified atom stereocenters. The Morgan fingerprint density at radius 3 is 2.94 bits per heavy atom. The molecule has 1 aromatic carbocycles. The summed E-state index contributed by atoms with van der Waals surface area (Å²) in [6, 6.07) is 5.87. The molecular formula is C13H14N2O3. The van der Waals surface area contributed by atoms with Gasteiger partial charge in [0, 0.05) is 0 Å². The molecule has 2 heterocycles. The molecule has 0 radical (unpaired) electrons. The van der Waals surface area contributed by atoms with E-state index in [0.717, 1.165) is 22.4 Å². The third-order valence-corrected chi connectivity index (χ3v) is 3.46. The second kappa shape index (κ2) is 3.81. The van der Waals surface area contributed by atoms with Gasteiger partial charge < -0.3 is 14.8 Å². The predicted molar refractivity (Wildman–Crippen MR) is 65.6 cm³/mol. The number of carboxylic acid groups (broad SMARTS) is 1. The summed E-state index contributed by atoms with van der Waals surface area (Å²) in [6.07, 6.45) is 0.103. The van der Waals surface area contributed by atoms with Crippen LogP contribution in [0, 0.1) is 6.92 Å². The average Bonchev–Trinajstić information content (AvgIpc) is 2.62. The highest BCUT2D eigenvalue weighted by Gasteiger charge is 2.42. The molecule has 0 atom stereocenters. The zero-order valence-corrected chi connectivity index (χ0v) is 10.1. The molecule has 0 spiro atoms. The normalized spacial score (nSPS) is 17.6. The zero-order valence-electron chi connectivity index (χ0n) is 10.1. The minimum absolute atomic E-state index is 0.103. The van der Waals surface area contributed by atoms with Crippen molar-refractivity contribution < 1.29 is 14.6 Å². The van der Waals surface area contributed by atoms with E-state index >= 15 is 0 Å². The molecule has 2 N–H and O–H groups in total. The first-order valence-electron chi connectivity index (χ1n) is 5.85. The predicted octanol–water partition coefficient (Wildman–Crippen LogP) is 1.61. The average molecular weight is 246 g/mol. The van der Waals surface area contributed by atoms with Crippen molar-refractivity contribution in [1.29, 1.82) is 0 Å². The summed E-state index contributed by atoms with van der Waals surface area (Å²) in [6.45, 7) is 2.84. The van der Waals surface area contributed by atoms with E-state index in [0.29, 0.717) is 13.2 Å². The highest BCUT2D eigenvalue weighted by Crippen LogP contribution is 2.36. The first-order chi connectivity index (χ1) is 8.59. The lowest BCUT2D eigenvalue weighted by Crippen LogP contribution is -2.48. The number of hydrogen-bond donors (Lipinski definition) is 2. The maximum atomic E-state index is 11.0. The minimum atomic E-state index is -0.792. The Bertz CT molecular complexity index is 614. The lowest BCUT2D eigenvalue weighted by molar-refractivity contribution is -0.145. The molecule has 1 saturated heterocycles. The Morgan fingerprint density at radius 1 is 1.56 bits per heavy atom. The molecule has 0 aliphatic carbocycles. The number of ether oxygens (including phenoxy) is 1. The fraction of sp³-hybridized carbons (Fsp3) is 0.385. The van der Waals surface area contributed by atoms with Crippen LogP contribution in [-0.4, -0.2) is 34.3 Å². The highest BCUT2D eigenvalue weighted by molar-refractivity contribution is 5.77. The Kier molecular flexibility index (Phi) is 2.38. The molecule has 5 nitrogen and oxygen atoms in total. The summed E-state index contributed by atoms with van der Waals surface area (Å²) < 4.78 is 5.22. The first-order valence-corrected chi connectivity index (χ1v) is 5.85. The Morgan fingerprint density at radius 2 is 2.33 bits per heavy atom. The van der Waals surface area contributed by atoms with Gasteiger partial charge in [-0.1, -0.05) is 6.07 Å². The van der Waals surface area contributed by atoms with Crippen LogP contribution in [0.5, 0.6) is 0 Å². The zero-order chi connectivity index (χ0) is 12.8. The number of nitrogens with one attached hydrogen (secondary N) is 1. The molecule has 0 bridgehead atoms. The van der Waals surface area contributed by atoms with Gasteiger partial charge in [0.2, 0.25) is 0 Å². The molecule has 18 heavy (non-hydrogen) atoms. The molecule has 1 fully saturated rings.